The van der Waals surface area contributed by atoms with Crippen LogP contribution in [0.1, 0.15) is 19.3 Å². The first-order valence-electron chi connectivity index (χ1n) is 9.44. The van der Waals surface area contributed by atoms with E-state index in [2.05, 4.69) is 4.98 Å². The molecule has 2 aromatic rings. The molecule has 8 nitrogen and oxygen atoms in total. The second kappa shape index (κ2) is 7.29. The molecule has 1 unspecified atom stereocenters. The number of piperidine rings is 1. The monoisotopic (exact) mass is 404 g/mol. The second-order valence-corrected chi connectivity index (χ2v) is 8.88. The van der Waals surface area contributed by atoms with Crippen LogP contribution in [0.15, 0.2) is 22.6 Å². The maximum absolute atomic E-state index is 12.7. The summed E-state index contributed by atoms with van der Waals surface area (Å²) < 4.78 is 7.50. The molecule has 2 aromatic heterocycles. The van der Waals surface area contributed by atoms with E-state index in [1.807, 2.05) is 24.4 Å². The number of cyclic esters (lactones) is 1. The number of hydrogen-bond donors (Lipinski definition) is 0. The molecule has 0 N–H and O–H groups in total. The fraction of sp³-hybridized carbons (Fsp3) is 0.579. The van der Waals surface area contributed by atoms with Crippen molar-refractivity contribution in [3.63, 3.8) is 0 Å². The van der Waals surface area contributed by atoms with E-state index < -0.39 is 5.41 Å². The Bertz CT molecular complexity index is 958. The van der Waals surface area contributed by atoms with Crippen molar-refractivity contribution in [2.75, 3.05) is 33.7 Å². The summed E-state index contributed by atoms with van der Waals surface area (Å²) in [6, 6.07) is 1.79. The first kappa shape index (κ1) is 19.1. The lowest BCUT2D eigenvalue weighted by molar-refractivity contribution is -0.152. The van der Waals surface area contributed by atoms with Gasteiger partial charge in [0.2, 0.25) is 5.91 Å². The second-order valence-electron chi connectivity index (χ2n) is 7.97. The van der Waals surface area contributed by atoms with Gasteiger partial charge >= 0.3 is 5.97 Å². The Morgan fingerprint density at radius 2 is 2.11 bits per heavy atom. The highest BCUT2D eigenvalue weighted by Crippen LogP contribution is 2.43. The molecule has 4 heterocycles. The minimum Gasteiger partial charge on any atom is -0.461 e. The number of thiophene rings is 1. The third-order valence-corrected chi connectivity index (χ3v) is 6.60. The van der Waals surface area contributed by atoms with Crippen LogP contribution in [0.25, 0.3) is 10.2 Å². The number of fused-ring (bicyclic) bond motifs is 1. The van der Waals surface area contributed by atoms with E-state index in [0.717, 1.165) is 6.54 Å². The first-order chi connectivity index (χ1) is 13.4. The van der Waals surface area contributed by atoms with Gasteiger partial charge in [-0.2, -0.15) is 0 Å². The highest BCUT2D eigenvalue weighted by Gasteiger charge is 2.50. The summed E-state index contributed by atoms with van der Waals surface area (Å²) in [6.07, 6.45) is 3.29. The number of likely N-dealkylation sites (N-methyl/N-ethyl adjacent to an activating group) is 1. The standard InChI is InChI=1S/C19H24N4O4S/c1-21(2)10-13-9-19(18(26)27-13)4-6-22(7-5-19)15(24)11-23-12-20-14-3-8-28-16(14)17(23)25/h3,8,12-13H,4-7,9-11H2,1-2H3. The molecule has 0 radical (unpaired) electrons. The summed E-state index contributed by atoms with van der Waals surface area (Å²) in [7, 11) is 3.93. The summed E-state index contributed by atoms with van der Waals surface area (Å²) in [5.41, 5.74) is 0.00417. The molecule has 1 amide bonds. The van der Waals surface area contributed by atoms with Crippen LogP contribution in [0.2, 0.25) is 0 Å². The molecular weight excluding hydrogens is 380 g/mol. The van der Waals surface area contributed by atoms with Gasteiger partial charge in [0.1, 0.15) is 17.3 Å². The maximum atomic E-state index is 12.7. The number of rotatable bonds is 4. The highest BCUT2D eigenvalue weighted by molar-refractivity contribution is 7.17. The molecule has 150 valence electrons. The van der Waals surface area contributed by atoms with Gasteiger partial charge in [-0.1, -0.05) is 0 Å². The molecular formula is C19H24N4O4S. The fourth-order valence-corrected chi connectivity index (χ4v) is 4.97. The molecule has 1 spiro atoms. The van der Waals surface area contributed by atoms with Crippen LogP contribution in [0.5, 0.6) is 0 Å². The third-order valence-electron chi connectivity index (χ3n) is 5.71. The number of carbonyl (C=O) groups is 2. The van der Waals surface area contributed by atoms with Gasteiger partial charge in [-0.25, -0.2) is 4.98 Å². The number of likely N-dealkylation sites (tertiary alicyclic amines) is 1. The van der Waals surface area contributed by atoms with Crippen LogP contribution < -0.4 is 5.56 Å². The third kappa shape index (κ3) is 3.44. The topological polar surface area (TPSA) is 84.7 Å². The molecule has 0 aromatic carbocycles. The fourth-order valence-electron chi connectivity index (χ4n) is 4.18. The Labute approximate surface area is 166 Å². The quantitative estimate of drug-likeness (QED) is 0.706. The van der Waals surface area contributed by atoms with Crippen LogP contribution in [-0.4, -0.2) is 71.1 Å². The molecule has 2 saturated heterocycles. The molecule has 2 aliphatic heterocycles. The van der Waals surface area contributed by atoms with Gasteiger partial charge in [-0.3, -0.25) is 19.0 Å². The van der Waals surface area contributed by atoms with Crippen molar-refractivity contribution in [2.24, 2.45) is 5.41 Å². The molecule has 9 heteroatoms. The summed E-state index contributed by atoms with van der Waals surface area (Å²) in [5, 5.41) is 1.82. The van der Waals surface area contributed by atoms with Crippen molar-refractivity contribution in [1.29, 1.82) is 0 Å². The minimum atomic E-state index is -0.467. The van der Waals surface area contributed by atoms with E-state index >= 15 is 0 Å². The maximum Gasteiger partial charge on any atom is 0.312 e. The van der Waals surface area contributed by atoms with E-state index in [1.165, 1.54) is 22.2 Å². The largest absolute Gasteiger partial charge is 0.461 e. The van der Waals surface area contributed by atoms with E-state index in [9.17, 15) is 14.4 Å². The number of hydrogen-bond acceptors (Lipinski definition) is 7. The Morgan fingerprint density at radius 1 is 1.36 bits per heavy atom. The summed E-state index contributed by atoms with van der Waals surface area (Å²) >= 11 is 1.33. The van der Waals surface area contributed by atoms with E-state index in [-0.39, 0.29) is 30.1 Å². The van der Waals surface area contributed by atoms with Crippen molar-refractivity contribution < 1.29 is 14.3 Å². The normalized spacial score (nSPS) is 21.6. The SMILES string of the molecule is CN(C)CC1CC2(CCN(C(=O)Cn3cnc4ccsc4c3=O)CC2)C(=O)O1. The van der Waals surface area contributed by atoms with E-state index in [0.29, 0.717) is 42.6 Å². The smallest absolute Gasteiger partial charge is 0.312 e. The molecule has 2 aliphatic rings. The van der Waals surface area contributed by atoms with Crippen LogP contribution in [0, 0.1) is 5.41 Å². The highest BCUT2D eigenvalue weighted by atomic mass is 32.1. The molecule has 4 rings (SSSR count). The Hall–Kier alpha value is -2.26. The van der Waals surface area contributed by atoms with Crippen LogP contribution in [0.3, 0.4) is 0 Å². The van der Waals surface area contributed by atoms with Crippen molar-refractivity contribution in [1.82, 2.24) is 19.4 Å². The summed E-state index contributed by atoms with van der Waals surface area (Å²) in [6.45, 7) is 1.70. The molecule has 2 fully saturated rings. The Kier molecular flexibility index (Phi) is 4.96. The van der Waals surface area contributed by atoms with Crippen molar-refractivity contribution >= 4 is 33.4 Å². The number of amides is 1. The lowest BCUT2D eigenvalue weighted by Crippen LogP contribution is -2.46. The minimum absolute atomic E-state index is 0.0274. The Morgan fingerprint density at radius 3 is 2.82 bits per heavy atom. The van der Waals surface area contributed by atoms with Gasteiger partial charge in [0.15, 0.2) is 0 Å². The average molecular weight is 404 g/mol. The van der Waals surface area contributed by atoms with Gasteiger partial charge in [-0.05, 0) is 38.4 Å². The lowest BCUT2D eigenvalue weighted by Gasteiger charge is -2.36. The zero-order chi connectivity index (χ0) is 19.9. The van der Waals surface area contributed by atoms with E-state index in [4.69, 9.17) is 4.74 Å². The van der Waals surface area contributed by atoms with Gasteiger partial charge in [-0.15, -0.1) is 11.3 Å². The average Bonchev–Trinajstić information content (AvgIpc) is 3.23. The van der Waals surface area contributed by atoms with Crippen LogP contribution in [0.4, 0.5) is 0 Å². The summed E-state index contributed by atoms with van der Waals surface area (Å²) in [5.74, 6) is -0.249. The molecule has 0 bridgehead atoms. The molecule has 0 aliphatic carbocycles. The van der Waals surface area contributed by atoms with E-state index in [1.54, 1.807) is 11.0 Å². The van der Waals surface area contributed by atoms with Crippen molar-refractivity contribution in [3.8, 4) is 0 Å². The molecule has 1 atom stereocenters. The van der Waals surface area contributed by atoms with Gasteiger partial charge in [0.05, 0.1) is 17.3 Å². The number of ether oxygens (including phenoxy) is 1. The number of carbonyl (C=O) groups excluding carboxylic acids is 2. The summed E-state index contributed by atoms with van der Waals surface area (Å²) in [4.78, 5) is 45.6. The van der Waals surface area contributed by atoms with Crippen LogP contribution >= 0.6 is 11.3 Å². The predicted molar refractivity (Wildman–Crippen MR) is 105 cm³/mol. The Balaban J connectivity index is 1.39. The molecule has 0 saturated carbocycles. The van der Waals surface area contributed by atoms with Gasteiger partial charge < -0.3 is 14.5 Å². The zero-order valence-corrected chi connectivity index (χ0v) is 16.9. The van der Waals surface area contributed by atoms with Crippen molar-refractivity contribution in [3.05, 3.63) is 28.1 Å². The van der Waals surface area contributed by atoms with Crippen LogP contribution in [-0.2, 0) is 20.9 Å². The number of nitrogens with zero attached hydrogens (tertiary/aromatic N) is 4. The van der Waals surface area contributed by atoms with Crippen molar-refractivity contribution in [2.45, 2.75) is 31.9 Å². The zero-order valence-electron chi connectivity index (χ0n) is 16.1. The first-order valence-corrected chi connectivity index (χ1v) is 10.3. The predicted octanol–water partition coefficient (Wildman–Crippen LogP) is 0.944. The van der Waals surface area contributed by atoms with Gasteiger partial charge in [0.25, 0.3) is 5.56 Å². The number of esters is 1. The number of aromatic nitrogens is 2. The molecule has 28 heavy (non-hydrogen) atoms. The van der Waals surface area contributed by atoms with Gasteiger partial charge in [0, 0.05) is 26.1 Å². The lowest BCUT2D eigenvalue weighted by atomic mass is 9.76.